The maximum Gasteiger partial charge on any atom is 0.258 e. The van der Waals surface area contributed by atoms with Crippen molar-refractivity contribution < 1.29 is 9.59 Å². The number of hydrogen-bond donors (Lipinski definition) is 1. The summed E-state index contributed by atoms with van der Waals surface area (Å²) in [4.78, 5) is 35.5. The van der Waals surface area contributed by atoms with E-state index in [2.05, 4.69) is 15.3 Å². The summed E-state index contributed by atoms with van der Waals surface area (Å²) in [5.74, 6) is 0.500. The molecule has 1 unspecified atom stereocenters. The van der Waals surface area contributed by atoms with Crippen LogP contribution in [0.15, 0.2) is 58.5 Å². The van der Waals surface area contributed by atoms with Crippen LogP contribution in [0.3, 0.4) is 0 Å². The van der Waals surface area contributed by atoms with Gasteiger partial charge in [-0.15, -0.1) is 0 Å². The second-order valence-electron chi connectivity index (χ2n) is 6.37. The van der Waals surface area contributed by atoms with Crippen molar-refractivity contribution in [3.63, 3.8) is 0 Å². The summed E-state index contributed by atoms with van der Waals surface area (Å²) in [6, 6.07) is 14.7. The molecule has 0 saturated carbocycles. The lowest BCUT2D eigenvalue weighted by molar-refractivity contribution is -0.124. The van der Waals surface area contributed by atoms with Crippen molar-refractivity contribution >= 4 is 46.0 Å². The zero-order chi connectivity index (χ0) is 19.0. The average molecular weight is 378 g/mol. The molecule has 0 fully saturated rings. The zero-order valence-electron chi connectivity index (χ0n) is 15.0. The Labute approximate surface area is 161 Å². The van der Waals surface area contributed by atoms with Crippen molar-refractivity contribution in [3.05, 3.63) is 59.7 Å². The van der Waals surface area contributed by atoms with E-state index in [4.69, 9.17) is 0 Å². The first-order valence-corrected chi connectivity index (χ1v) is 9.61. The minimum Gasteiger partial charge on any atom is -0.325 e. The number of fused-ring (bicyclic) bond motifs is 3. The van der Waals surface area contributed by atoms with Crippen LogP contribution < -0.4 is 5.32 Å². The Morgan fingerprint density at radius 3 is 2.74 bits per heavy atom. The van der Waals surface area contributed by atoms with Crippen LogP contribution >= 0.6 is 11.8 Å². The predicted molar refractivity (Wildman–Crippen MR) is 109 cm³/mol. The minimum absolute atomic E-state index is 0.120. The SMILES string of the molecule is Cc1ccccc1NC(=O)CSC1=Nc2ccccc2C2=NC(C)C(=O)N12. The number of carbonyl (C=O) groups is 2. The number of aryl methyl sites for hydroxylation is 1. The molecule has 0 aliphatic carbocycles. The highest BCUT2D eigenvalue weighted by Crippen LogP contribution is 2.33. The number of anilines is 1. The quantitative estimate of drug-likeness (QED) is 0.890. The molecule has 2 aliphatic heterocycles. The number of para-hydroxylation sites is 2. The third-order valence-corrected chi connectivity index (χ3v) is 5.35. The van der Waals surface area contributed by atoms with Crippen LogP contribution in [0.2, 0.25) is 0 Å². The fourth-order valence-electron chi connectivity index (χ4n) is 3.00. The lowest BCUT2D eigenvalue weighted by Crippen LogP contribution is -2.41. The van der Waals surface area contributed by atoms with Crippen LogP contribution in [0.1, 0.15) is 18.1 Å². The maximum absolute atomic E-state index is 12.6. The number of amides is 2. The average Bonchev–Trinajstić information content (AvgIpc) is 2.97. The lowest BCUT2D eigenvalue weighted by Gasteiger charge is -2.25. The molecular formula is C20H18N4O2S. The summed E-state index contributed by atoms with van der Waals surface area (Å²) in [5.41, 5.74) is 3.38. The molecule has 27 heavy (non-hydrogen) atoms. The number of thioether (sulfide) groups is 1. The Balaban J connectivity index is 1.54. The van der Waals surface area contributed by atoms with E-state index in [0.29, 0.717) is 11.0 Å². The second-order valence-corrected chi connectivity index (χ2v) is 7.31. The van der Waals surface area contributed by atoms with Crippen LogP contribution in [-0.2, 0) is 9.59 Å². The van der Waals surface area contributed by atoms with Gasteiger partial charge in [-0.3, -0.25) is 14.6 Å². The van der Waals surface area contributed by atoms with E-state index in [9.17, 15) is 9.59 Å². The molecule has 0 aromatic heterocycles. The fourth-order valence-corrected chi connectivity index (χ4v) is 3.80. The monoisotopic (exact) mass is 378 g/mol. The maximum atomic E-state index is 12.6. The zero-order valence-corrected chi connectivity index (χ0v) is 15.8. The van der Waals surface area contributed by atoms with E-state index in [-0.39, 0.29) is 17.6 Å². The van der Waals surface area contributed by atoms with Crippen LogP contribution in [0.5, 0.6) is 0 Å². The van der Waals surface area contributed by atoms with Gasteiger partial charge in [0.15, 0.2) is 5.17 Å². The molecule has 2 aliphatic rings. The Bertz CT molecular complexity index is 999. The van der Waals surface area contributed by atoms with Gasteiger partial charge in [-0.2, -0.15) is 0 Å². The number of aliphatic imine (C=N–C) groups is 2. The molecule has 2 aromatic carbocycles. The smallest absolute Gasteiger partial charge is 0.258 e. The summed E-state index contributed by atoms with van der Waals surface area (Å²) in [6.07, 6.45) is 0. The highest BCUT2D eigenvalue weighted by molar-refractivity contribution is 8.14. The fraction of sp³-hybridized carbons (Fsp3) is 0.200. The van der Waals surface area contributed by atoms with Gasteiger partial charge in [0.05, 0.1) is 11.4 Å². The topological polar surface area (TPSA) is 74.1 Å². The molecule has 2 heterocycles. The van der Waals surface area contributed by atoms with Crippen LogP contribution in [0.25, 0.3) is 0 Å². The number of nitrogens with zero attached hydrogens (tertiary/aromatic N) is 3. The first-order valence-electron chi connectivity index (χ1n) is 8.63. The summed E-state index contributed by atoms with van der Waals surface area (Å²) >= 11 is 1.24. The standard InChI is InChI=1S/C20H18N4O2S/c1-12-7-3-5-9-15(12)22-17(25)11-27-20-23-16-10-6-4-8-14(16)18-21-13(2)19(26)24(18)20/h3-10,13H,11H2,1-2H3,(H,22,25). The van der Waals surface area contributed by atoms with Crippen LogP contribution in [0.4, 0.5) is 11.4 Å². The molecule has 0 radical (unpaired) electrons. The Kier molecular flexibility index (Phi) is 4.53. The van der Waals surface area contributed by atoms with Crippen molar-refractivity contribution in [1.29, 1.82) is 0 Å². The van der Waals surface area contributed by atoms with E-state index in [0.717, 1.165) is 22.5 Å². The summed E-state index contributed by atoms with van der Waals surface area (Å²) < 4.78 is 0. The number of benzene rings is 2. The van der Waals surface area contributed by atoms with Crippen molar-refractivity contribution in [2.75, 3.05) is 11.1 Å². The normalized spacial score (nSPS) is 17.8. The van der Waals surface area contributed by atoms with E-state index in [1.54, 1.807) is 6.92 Å². The van der Waals surface area contributed by atoms with Gasteiger partial charge in [0.2, 0.25) is 5.91 Å². The molecule has 7 heteroatoms. The van der Waals surface area contributed by atoms with Gasteiger partial charge in [0.1, 0.15) is 11.9 Å². The molecule has 0 saturated heterocycles. The van der Waals surface area contributed by atoms with Crippen molar-refractivity contribution in [2.24, 2.45) is 9.98 Å². The first-order chi connectivity index (χ1) is 13.0. The summed E-state index contributed by atoms with van der Waals surface area (Å²) in [7, 11) is 0. The van der Waals surface area contributed by atoms with Crippen LogP contribution in [0, 0.1) is 6.92 Å². The largest absolute Gasteiger partial charge is 0.325 e. The van der Waals surface area contributed by atoms with Crippen molar-refractivity contribution in [1.82, 2.24) is 4.90 Å². The van der Waals surface area contributed by atoms with E-state index in [1.807, 2.05) is 55.5 Å². The van der Waals surface area contributed by atoms with Crippen molar-refractivity contribution in [3.8, 4) is 0 Å². The number of rotatable bonds is 3. The molecule has 6 nitrogen and oxygen atoms in total. The van der Waals surface area contributed by atoms with Crippen LogP contribution in [-0.4, -0.2) is 39.5 Å². The Morgan fingerprint density at radius 2 is 1.93 bits per heavy atom. The van der Waals surface area contributed by atoms with Gasteiger partial charge in [0.25, 0.3) is 5.91 Å². The highest BCUT2D eigenvalue weighted by Gasteiger charge is 2.39. The van der Waals surface area contributed by atoms with E-state index >= 15 is 0 Å². The van der Waals surface area contributed by atoms with Gasteiger partial charge >= 0.3 is 0 Å². The van der Waals surface area contributed by atoms with Gasteiger partial charge < -0.3 is 5.32 Å². The molecular weight excluding hydrogens is 360 g/mol. The predicted octanol–water partition coefficient (Wildman–Crippen LogP) is 3.35. The van der Waals surface area contributed by atoms with Crippen molar-refractivity contribution in [2.45, 2.75) is 19.9 Å². The molecule has 2 amide bonds. The molecule has 4 rings (SSSR count). The van der Waals surface area contributed by atoms with Gasteiger partial charge in [-0.25, -0.2) is 9.89 Å². The molecule has 136 valence electrons. The van der Waals surface area contributed by atoms with Gasteiger partial charge in [-0.05, 0) is 37.6 Å². The summed E-state index contributed by atoms with van der Waals surface area (Å²) in [6.45, 7) is 3.71. The number of amidine groups is 2. The third kappa shape index (κ3) is 3.26. The Morgan fingerprint density at radius 1 is 1.19 bits per heavy atom. The number of nitrogens with one attached hydrogen (secondary N) is 1. The number of carbonyl (C=O) groups excluding carboxylic acids is 2. The Hall–Kier alpha value is -2.93. The second kappa shape index (κ2) is 7.00. The van der Waals surface area contributed by atoms with Gasteiger partial charge in [-0.1, -0.05) is 42.1 Å². The van der Waals surface area contributed by atoms with E-state index < -0.39 is 6.04 Å². The molecule has 0 bridgehead atoms. The molecule has 1 N–H and O–H groups in total. The molecule has 2 aromatic rings. The molecule has 0 spiro atoms. The minimum atomic E-state index is -0.447. The number of hydrogen-bond acceptors (Lipinski definition) is 5. The van der Waals surface area contributed by atoms with Gasteiger partial charge in [0, 0.05) is 11.3 Å². The van der Waals surface area contributed by atoms with E-state index in [1.165, 1.54) is 16.7 Å². The molecule has 1 atom stereocenters. The first kappa shape index (κ1) is 17.5. The summed E-state index contributed by atoms with van der Waals surface area (Å²) in [5, 5.41) is 3.39. The third-order valence-electron chi connectivity index (χ3n) is 4.41. The lowest BCUT2D eigenvalue weighted by atomic mass is 10.1. The highest BCUT2D eigenvalue weighted by atomic mass is 32.2.